The topological polar surface area (TPSA) is 93.2 Å². The van der Waals surface area contributed by atoms with Gasteiger partial charge in [0.15, 0.2) is 5.82 Å². The van der Waals surface area contributed by atoms with Gasteiger partial charge in [0, 0.05) is 31.0 Å². The maximum Gasteiger partial charge on any atom is 0.329 e. The summed E-state index contributed by atoms with van der Waals surface area (Å²) in [6, 6.07) is 5.22. The molecule has 3 amide bonds. The molecular formula is C15H15N5O2. The highest BCUT2D eigenvalue weighted by Gasteiger charge is 2.27. The van der Waals surface area contributed by atoms with E-state index in [1.165, 1.54) is 4.90 Å². The summed E-state index contributed by atoms with van der Waals surface area (Å²) in [5, 5.41) is 7.53. The van der Waals surface area contributed by atoms with Crippen LogP contribution in [0.1, 0.15) is 12.0 Å². The lowest BCUT2D eigenvalue weighted by molar-refractivity contribution is -0.120. The monoisotopic (exact) mass is 297 g/mol. The number of imide groups is 1. The summed E-state index contributed by atoms with van der Waals surface area (Å²) in [6.07, 6.45) is 0.260. The number of rotatable bonds is 1. The highest BCUT2D eigenvalue weighted by atomic mass is 16.2. The van der Waals surface area contributed by atoms with Gasteiger partial charge in [-0.3, -0.25) is 19.7 Å². The van der Waals surface area contributed by atoms with Crippen molar-refractivity contribution in [1.82, 2.24) is 15.1 Å². The third-order valence-corrected chi connectivity index (χ3v) is 3.48. The molecule has 1 aromatic heterocycles. The molecule has 7 heteroatoms. The number of urea groups is 1. The van der Waals surface area contributed by atoms with Gasteiger partial charge in [-0.15, -0.1) is 0 Å². The fraction of sp³-hybridized carbons (Fsp3) is 0.267. The summed E-state index contributed by atoms with van der Waals surface area (Å²) in [5.41, 5.74) is 7.08. The van der Waals surface area contributed by atoms with Crippen molar-refractivity contribution in [2.45, 2.75) is 6.42 Å². The molecule has 2 heterocycles. The van der Waals surface area contributed by atoms with Crippen LogP contribution in [0, 0.1) is 11.8 Å². The van der Waals surface area contributed by atoms with Gasteiger partial charge in [-0.2, -0.15) is 5.10 Å². The van der Waals surface area contributed by atoms with Gasteiger partial charge in [0.1, 0.15) is 0 Å². The van der Waals surface area contributed by atoms with Gasteiger partial charge in [-0.25, -0.2) is 4.79 Å². The highest BCUT2D eigenvalue weighted by Crippen LogP contribution is 2.27. The Morgan fingerprint density at radius 1 is 1.41 bits per heavy atom. The number of fused-ring (bicyclic) bond motifs is 1. The number of anilines is 1. The molecule has 3 rings (SSSR count). The molecule has 2 aromatic rings. The number of nitrogens with one attached hydrogen (secondary N) is 1. The third kappa shape index (κ3) is 2.40. The van der Waals surface area contributed by atoms with Gasteiger partial charge in [0.2, 0.25) is 5.91 Å². The van der Waals surface area contributed by atoms with Crippen LogP contribution in [0.2, 0.25) is 0 Å². The Balaban J connectivity index is 2.09. The van der Waals surface area contributed by atoms with Crippen molar-refractivity contribution in [1.29, 1.82) is 0 Å². The summed E-state index contributed by atoms with van der Waals surface area (Å²) in [7, 11) is 1.81. The number of aryl methyl sites for hydroxylation is 1. The predicted molar refractivity (Wildman–Crippen MR) is 82.1 cm³/mol. The van der Waals surface area contributed by atoms with Crippen LogP contribution in [0.3, 0.4) is 0 Å². The molecule has 0 bridgehead atoms. The molecule has 0 aliphatic carbocycles. The minimum Gasteiger partial charge on any atom is -0.320 e. The highest BCUT2D eigenvalue weighted by molar-refractivity contribution is 6.08. The molecule has 1 aromatic carbocycles. The normalized spacial score (nSPS) is 14.7. The van der Waals surface area contributed by atoms with Crippen LogP contribution in [0.25, 0.3) is 10.9 Å². The van der Waals surface area contributed by atoms with Crippen molar-refractivity contribution in [3.63, 3.8) is 0 Å². The Bertz CT molecular complexity index is 828. The average molecular weight is 297 g/mol. The zero-order valence-electron chi connectivity index (χ0n) is 12.1. The number of hydrogen-bond acceptors (Lipinski definition) is 4. The summed E-state index contributed by atoms with van der Waals surface area (Å²) < 4.78 is 1.70. The molecule has 1 aliphatic heterocycles. The zero-order valence-corrected chi connectivity index (χ0v) is 12.1. The molecule has 7 nitrogen and oxygen atoms in total. The SMILES string of the molecule is Cn1nc(N2CCC(=O)NC2=O)c2cc(C#CCN)ccc21. The van der Waals surface area contributed by atoms with Gasteiger partial charge in [0.25, 0.3) is 0 Å². The average Bonchev–Trinajstić information content (AvgIpc) is 2.82. The van der Waals surface area contributed by atoms with Crippen molar-refractivity contribution in [2.75, 3.05) is 18.0 Å². The fourth-order valence-corrected chi connectivity index (χ4v) is 2.44. The number of carbonyl (C=O) groups excluding carboxylic acids is 2. The molecule has 0 radical (unpaired) electrons. The lowest BCUT2D eigenvalue weighted by Crippen LogP contribution is -2.49. The van der Waals surface area contributed by atoms with Crippen LogP contribution >= 0.6 is 0 Å². The molecule has 0 spiro atoms. The molecule has 22 heavy (non-hydrogen) atoms. The van der Waals surface area contributed by atoms with Crippen molar-refractivity contribution in [3.8, 4) is 11.8 Å². The van der Waals surface area contributed by atoms with Crippen LogP contribution in [-0.4, -0.2) is 34.8 Å². The van der Waals surface area contributed by atoms with E-state index in [1.54, 1.807) is 4.68 Å². The number of nitrogens with zero attached hydrogens (tertiary/aromatic N) is 3. The van der Waals surface area contributed by atoms with E-state index in [2.05, 4.69) is 22.3 Å². The molecule has 112 valence electrons. The summed E-state index contributed by atoms with van der Waals surface area (Å²) in [6.45, 7) is 0.601. The van der Waals surface area contributed by atoms with Crippen LogP contribution in [-0.2, 0) is 11.8 Å². The van der Waals surface area contributed by atoms with Crippen LogP contribution in [0.5, 0.6) is 0 Å². The second kappa shape index (κ2) is 5.50. The zero-order chi connectivity index (χ0) is 15.7. The maximum absolute atomic E-state index is 12.0. The minimum absolute atomic E-state index is 0.260. The van der Waals surface area contributed by atoms with E-state index in [1.807, 2.05) is 25.2 Å². The van der Waals surface area contributed by atoms with Gasteiger partial charge in [-0.05, 0) is 18.2 Å². The van der Waals surface area contributed by atoms with E-state index in [0.29, 0.717) is 12.4 Å². The first-order valence-electron chi connectivity index (χ1n) is 6.87. The molecular weight excluding hydrogens is 282 g/mol. The van der Waals surface area contributed by atoms with Crippen LogP contribution < -0.4 is 16.0 Å². The molecule has 0 saturated carbocycles. The summed E-state index contributed by atoms with van der Waals surface area (Å²) in [5.74, 6) is 6.03. The standard InChI is InChI=1S/C15H15N5O2/c1-19-12-5-4-10(3-2-7-16)9-11(12)14(18-19)20-8-6-13(21)17-15(20)22/h4-5,9H,6-8,16H2,1H3,(H,17,21,22). The summed E-state index contributed by atoms with van der Waals surface area (Å²) >= 11 is 0. The molecule has 1 saturated heterocycles. The first-order valence-corrected chi connectivity index (χ1v) is 6.87. The van der Waals surface area contributed by atoms with Crippen molar-refractivity contribution >= 4 is 28.7 Å². The lowest BCUT2D eigenvalue weighted by Gasteiger charge is -2.24. The van der Waals surface area contributed by atoms with E-state index >= 15 is 0 Å². The Morgan fingerprint density at radius 2 is 2.23 bits per heavy atom. The Morgan fingerprint density at radius 3 is 2.95 bits per heavy atom. The van der Waals surface area contributed by atoms with Gasteiger partial charge >= 0.3 is 6.03 Å². The Kier molecular flexibility index (Phi) is 3.53. The molecule has 0 unspecified atom stereocenters. The van der Waals surface area contributed by atoms with Crippen molar-refractivity contribution in [3.05, 3.63) is 23.8 Å². The number of aromatic nitrogens is 2. The van der Waals surface area contributed by atoms with Gasteiger partial charge in [0.05, 0.1) is 12.1 Å². The molecule has 3 N–H and O–H groups in total. The number of benzene rings is 1. The number of hydrogen-bond donors (Lipinski definition) is 2. The van der Waals surface area contributed by atoms with Crippen LogP contribution in [0.4, 0.5) is 10.6 Å². The maximum atomic E-state index is 12.0. The number of nitrogens with two attached hydrogens (primary N) is 1. The van der Waals surface area contributed by atoms with E-state index in [4.69, 9.17) is 5.73 Å². The minimum atomic E-state index is -0.449. The first-order chi connectivity index (χ1) is 10.6. The lowest BCUT2D eigenvalue weighted by atomic mass is 10.1. The molecule has 0 atom stereocenters. The van der Waals surface area contributed by atoms with Gasteiger partial charge < -0.3 is 5.73 Å². The Labute approximate surface area is 127 Å². The number of carbonyl (C=O) groups is 2. The summed E-state index contributed by atoms with van der Waals surface area (Å²) in [4.78, 5) is 24.8. The molecule has 1 fully saturated rings. The Hall–Kier alpha value is -2.85. The second-order valence-corrected chi connectivity index (χ2v) is 4.94. The van der Waals surface area contributed by atoms with E-state index < -0.39 is 6.03 Å². The largest absolute Gasteiger partial charge is 0.329 e. The van der Waals surface area contributed by atoms with Crippen molar-refractivity contribution < 1.29 is 9.59 Å². The first kappa shape index (κ1) is 14.1. The quantitative estimate of drug-likeness (QED) is 0.742. The number of amides is 3. The second-order valence-electron chi connectivity index (χ2n) is 4.94. The van der Waals surface area contributed by atoms with E-state index in [9.17, 15) is 9.59 Å². The van der Waals surface area contributed by atoms with Gasteiger partial charge in [-0.1, -0.05) is 11.8 Å². The van der Waals surface area contributed by atoms with E-state index in [-0.39, 0.29) is 18.9 Å². The fourth-order valence-electron chi connectivity index (χ4n) is 2.44. The molecule has 1 aliphatic rings. The van der Waals surface area contributed by atoms with Crippen molar-refractivity contribution in [2.24, 2.45) is 12.8 Å². The van der Waals surface area contributed by atoms with E-state index in [0.717, 1.165) is 16.5 Å². The third-order valence-electron chi connectivity index (χ3n) is 3.48. The smallest absolute Gasteiger partial charge is 0.320 e. The van der Waals surface area contributed by atoms with Crippen LogP contribution in [0.15, 0.2) is 18.2 Å². The predicted octanol–water partition coefficient (Wildman–Crippen LogP) is 0.330.